The second-order valence-electron chi connectivity index (χ2n) is 3.18. The summed E-state index contributed by atoms with van der Waals surface area (Å²) in [6.07, 6.45) is 1.29. The van der Waals surface area contributed by atoms with Crippen molar-refractivity contribution in [3.8, 4) is 0 Å². The van der Waals surface area contributed by atoms with Crippen molar-refractivity contribution < 1.29 is 9.90 Å². The van der Waals surface area contributed by atoms with Gasteiger partial charge in [0.2, 0.25) is 0 Å². The van der Waals surface area contributed by atoms with Crippen LogP contribution in [0.2, 0.25) is 0 Å². The summed E-state index contributed by atoms with van der Waals surface area (Å²) in [6, 6.07) is 0. The van der Waals surface area contributed by atoms with Crippen molar-refractivity contribution in [1.29, 1.82) is 5.41 Å². The largest absolute Gasteiger partial charge is 0.480 e. The average Bonchev–Trinajstić information content (AvgIpc) is 2.10. The zero-order valence-corrected chi connectivity index (χ0v) is 9.06. The van der Waals surface area contributed by atoms with E-state index in [1.54, 1.807) is 0 Å². The fourth-order valence-corrected chi connectivity index (χ4v) is 1.65. The first-order chi connectivity index (χ1) is 6.50. The molecule has 0 rings (SSSR count). The number of thioether (sulfide) groups is 1. The molecule has 0 unspecified atom stereocenters. The Morgan fingerprint density at radius 1 is 1.79 bits per heavy atom. The van der Waals surface area contributed by atoms with E-state index >= 15 is 0 Å². The van der Waals surface area contributed by atoms with Crippen molar-refractivity contribution in [2.45, 2.75) is 12.5 Å². The summed E-state index contributed by atoms with van der Waals surface area (Å²) in [5.41, 5.74) is 4.38. The molecule has 0 spiro atoms. The van der Waals surface area contributed by atoms with Gasteiger partial charge < -0.3 is 21.6 Å². The summed E-state index contributed by atoms with van der Waals surface area (Å²) in [7, 11) is 0. The molecule has 1 atom stereocenters. The zero-order chi connectivity index (χ0) is 11.0. The van der Waals surface area contributed by atoms with Crippen molar-refractivity contribution in [2.75, 3.05) is 24.6 Å². The monoisotopic (exact) mass is 219 g/mol. The topological polar surface area (TPSA) is 99.2 Å². The van der Waals surface area contributed by atoms with Gasteiger partial charge in [-0.25, -0.2) is 0 Å². The first kappa shape index (κ1) is 13.4. The lowest BCUT2D eigenvalue weighted by Gasteiger charge is -2.18. The Kier molecular flexibility index (Phi) is 6.52. The van der Waals surface area contributed by atoms with E-state index in [4.69, 9.17) is 16.2 Å². The molecule has 0 aliphatic heterocycles. The maximum Gasteiger partial charge on any atom is 0.324 e. The van der Waals surface area contributed by atoms with Gasteiger partial charge in [-0.3, -0.25) is 4.79 Å². The summed E-state index contributed by atoms with van der Waals surface area (Å²) < 4.78 is 0. The molecule has 0 saturated heterocycles. The van der Waals surface area contributed by atoms with Crippen molar-refractivity contribution in [3.05, 3.63) is 0 Å². The van der Waals surface area contributed by atoms with Gasteiger partial charge in [0.15, 0.2) is 0 Å². The normalized spacial score (nSPS) is 14.7. The standard InChI is InChI=1S/C8H17N3O2S/c1-8(10,7(12)13)6-14-5-4-11-3-2-9/h2,9,11H,3-6,10H2,1H3,(H,12,13)/t8-/m1/s1. The maximum atomic E-state index is 10.6. The van der Waals surface area contributed by atoms with Gasteiger partial charge in [-0.15, -0.1) is 0 Å². The number of hydrogen-bond donors (Lipinski definition) is 4. The fraction of sp³-hybridized carbons (Fsp3) is 0.750. The molecule has 0 radical (unpaired) electrons. The van der Waals surface area contributed by atoms with Crippen LogP contribution in [0, 0.1) is 5.41 Å². The highest BCUT2D eigenvalue weighted by atomic mass is 32.2. The molecule has 82 valence electrons. The number of hydrogen-bond acceptors (Lipinski definition) is 5. The van der Waals surface area contributed by atoms with Gasteiger partial charge in [0, 0.05) is 30.8 Å². The Bertz CT molecular complexity index is 197. The molecule has 0 heterocycles. The van der Waals surface area contributed by atoms with Crippen LogP contribution < -0.4 is 11.1 Å². The number of carboxylic acids is 1. The highest BCUT2D eigenvalue weighted by molar-refractivity contribution is 7.99. The molecule has 5 N–H and O–H groups in total. The van der Waals surface area contributed by atoms with E-state index in [1.807, 2.05) is 0 Å². The third kappa shape index (κ3) is 5.95. The second kappa shape index (κ2) is 6.80. The predicted octanol–water partition coefficient (Wildman–Crippen LogP) is -0.239. The zero-order valence-electron chi connectivity index (χ0n) is 8.25. The fourth-order valence-electron chi connectivity index (χ4n) is 0.664. The van der Waals surface area contributed by atoms with Crippen LogP contribution in [0.5, 0.6) is 0 Å². The van der Waals surface area contributed by atoms with Gasteiger partial charge in [0.05, 0.1) is 0 Å². The molecule has 6 heteroatoms. The van der Waals surface area contributed by atoms with E-state index < -0.39 is 11.5 Å². The molecule has 0 aromatic rings. The quantitative estimate of drug-likeness (QED) is 0.333. The summed E-state index contributed by atoms with van der Waals surface area (Å²) in [5, 5.41) is 18.4. The molecular formula is C8H17N3O2S. The smallest absolute Gasteiger partial charge is 0.324 e. The van der Waals surface area contributed by atoms with E-state index in [0.717, 1.165) is 12.3 Å². The Balaban J connectivity index is 3.44. The Morgan fingerprint density at radius 2 is 2.43 bits per heavy atom. The highest BCUT2D eigenvalue weighted by Crippen LogP contribution is 2.09. The second-order valence-corrected chi connectivity index (χ2v) is 4.29. The third-order valence-electron chi connectivity index (χ3n) is 1.56. The Hall–Kier alpha value is -0.590. The number of aliphatic carboxylic acids is 1. The van der Waals surface area contributed by atoms with E-state index in [2.05, 4.69) is 5.32 Å². The summed E-state index contributed by atoms with van der Waals surface area (Å²) >= 11 is 1.50. The van der Waals surface area contributed by atoms with E-state index in [9.17, 15) is 4.79 Å². The molecule has 0 aliphatic rings. The van der Waals surface area contributed by atoms with E-state index in [0.29, 0.717) is 12.3 Å². The molecule has 0 aromatic carbocycles. The van der Waals surface area contributed by atoms with Gasteiger partial charge in [0.1, 0.15) is 5.54 Å². The van der Waals surface area contributed by atoms with Crippen LogP contribution in [0.15, 0.2) is 0 Å². The highest BCUT2D eigenvalue weighted by Gasteiger charge is 2.27. The van der Waals surface area contributed by atoms with E-state index in [-0.39, 0.29) is 0 Å². The first-order valence-corrected chi connectivity index (χ1v) is 5.46. The number of carboxylic acid groups (broad SMARTS) is 1. The van der Waals surface area contributed by atoms with Gasteiger partial charge in [0.25, 0.3) is 0 Å². The molecule has 14 heavy (non-hydrogen) atoms. The Labute approximate surface area is 87.9 Å². The summed E-state index contributed by atoms with van der Waals surface area (Å²) in [6.45, 7) is 2.82. The van der Waals surface area contributed by atoms with E-state index in [1.165, 1.54) is 24.9 Å². The van der Waals surface area contributed by atoms with Crippen LogP contribution in [-0.2, 0) is 4.79 Å². The lowest BCUT2D eigenvalue weighted by Crippen LogP contribution is -2.47. The molecule has 0 saturated carbocycles. The van der Waals surface area contributed by atoms with Crippen molar-refractivity contribution in [1.82, 2.24) is 5.32 Å². The number of rotatable bonds is 8. The maximum absolute atomic E-state index is 10.6. The minimum Gasteiger partial charge on any atom is -0.480 e. The van der Waals surface area contributed by atoms with Crippen molar-refractivity contribution in [3.63, 3.8) is 0 Å². The Morgan fingerprint density at radius 3 is 2.93 bits per heavy atom. The van der Waals surface area contributed by atoms with Crippen LogP contribution in [-0.4, -0.2) is 47.4 Å². The average molecular weight is 219 g/mol. The van der Waals surface area contributed by atoms with Gasteiger partial charge in [-0.2, -0.15) is 11.8 Å². The predicted molar refractivity (Wildman–Crippen MR) is 59.2 cm³/mol. The van der Waals surface area contributed by atoms with Crippen LogP contribution >= 0.6 is 11.8 Å². The number of nitrogens with two attached hydrogens (primary N) is 1. The lowest BCUT2D eigenvalue weighted by molar-refractivity contribution is -0.141. The van der Waals surface area contributed by atoms with Crippen LogP contribution in [0.4, 0.5) is 0 Å². The van der Waals surface area contributed by atoms with Crippen molar-refractivity contribution in [2.24, 2.45) is 5.73 Å². The SMILES string of the molecule is C[C@@](N)(CSCCNCC=N)C(=O)O. The van der Waals surface area contributed by atoms with Crippen LogP contribution in [0.3, 0.4) is 0 Å². The molecule has 0 aromatic heterocycles. The first-order valence-electron chi connectivity index (χ1n) is 4.30. The minimum absolute atomic E-state index is 0.397. The molecule has 5 nitrogen and oxygen atoms in total. The molecule has 0 aliphatic carbocycles. The summed E-state index contributed by atoms with van der Waals surface area (Å²) in [5.74, 6) is 0.222. The number of carbonyl (C=O) groups is 1. The molecule has 0 bridgehead atoms. The van der Waals surface area contributed by atoms with Gasteiger partial charge in [-0.05, 0) is 6.92 Å². The molecule has 0 fully saturated rings. The van der Waals surface area contributed by atoms with Gasteiger partial charge >= 0.3 is 5.97 Å². The van der Waals surface area contributed by atoms with Crippen LogP contribution in [0.1, 0.15) is 6.92 Å². The summed E-state index contributed by atoms with van der Waals surface area (Å²) in [4.78, 5) is 10.6. The third-order valence-corrected chi connectivity index (χ3v) is 2.86. The molecule has 0 amide bonds. The van der Waals surface area contributed by atoms with Crippen LogP contribution in [0.25, 0.3) is 0 Å². The minimum atomic E-state index is -1.15. The van der Waals surface area contributed by atoms with Gasteiger partial charge in [-0.1, -0.05) is 0 Å². The number of nitrogens with one attached hydrogen (secondary N) is 2. The molecular weight excluding hydrogens is 202 g/mol. The lowest BCUT2D eigenvalue weighted by atomic mass is 10.1. The van der Waals surface area contributed by atoms with Crippen molar-refractivity contribution >= 4 is 23.9 Å².